The van der Waals surface area contributed by atoms with Gasteiger partial charge < -0.3 is 14.5 Å². The standard InChI is InChI=1S/C21H23N3O2/c1-14-6-5-11-24-12-17(23-20(14)24)13-26-19-8-4-3-7-18(19)21(25)22-15(2)16-9-10-16/h3-8,11-12,15-16H,9-10,13H2,1-2H3,(H,22,25). The molecule has 0 spiro atoms. The third-order valence-electron chi connectivity index (χ3n) is 4.92. The summed E-state index contributed by atoms with van der Waals surface area (Å²) in [6.45, 7) is 4.43. The number of nitrogens with zero attached hydrogens (tertiary/aromatic N) is 2. The van der Waals surface area contributed by atoms with Crippen molar-refractivity contribution < 1.29 is 9.53 Å². The maximum absolute atomic E-state index is 12.6. The van der Waals surface area contributed by atoms with Crippen LogP contribution in [0.1, 0.15) is 41.4 Å². The van der Waals surface area contributed by atoms with E-state index in [1.807, 2.05) is 54.0 Å². The Labute approximate surface area is 153 Å². The van der Waals surface area contributed by atoms with E-state index in [0.717, 1.165) is 16.9 Å². The number of fused-ring (bicyclic) bond motifs is 1. The summed E-state index contributed by atoms with van der Waals surface area (Å²) in [4.78, 5) is 17.2. The second kappa shape index (κ2) is 6.83. The summed E-state index contributed by atoms with van der Waals surface area (Å²) in [7, 11) is 0. The van der Waals surface area contributed by atoms with E-state index >= 15 is 0 Å². The van der Waals surface area contributed by atoms with Crippen LogP contribution in [0.25, 0.3) is 5.65 Å². The molecule has 2 heterocycles. The summed E-state index contributed by atoms with van der Waals surface area (Å²) >= 11 is 0. The van der Waals surface area contributed by atoms with Crippen LogP contribution in [0.5, 0.6) is 5.75 Å². The van der Waals surface area contributed by atoms with Gasteiger partial charge in [0, 0.05) is 18.4 Å². The topological polar surface area (TPSA) is 55.6 Å². The zero-order valence-electron chi connectivity index (χ0n) is 15.1. The van der Waals surface area contributed by atoms with Gasteiger partial charge in [0.2, 0.25) is 0 Å². The largest absolute Gasteiger partial charge is 0.486 e. The molecule has 1 fully saturated rings. The molecule has 1 amide bonds. The number of carbonyl (C=O) groups is 1. The fraction of sp³-hybridized carbons (Fsp3) is 0.333. The lowest BCUT2D eigenvalue weighted by molar-refractivity contribution is 0.0931. The molecule has 2 aromatic heterocycles. The van der Waals surface area contributed by atoms with E-state index in [-0.39, 0.29) is 11.9 Å². The van der Waals surface area contributed by atoms with Crippen molar-refractivity contribution in [1.82, 2.24) is 14.7 Å². The maximum atomic E-state index is 12.6. The van der Waals surface area contributed by atoms with Crippen molar-refractivity contribution in [2.45, 2.75) is 39.3 Å². The fourth-order valence-electron chi connectivity index (χ4n) is 3.20. The van der Waals surface area contributed by atoms with Crippen LogP contribution in [-0.4, -0.2) is 21.3 Å². The summed E-state index contributed by atoms with van der Waals surface area (Å²) in [6.07, 6.45) is 6.33. The van der Waals surface area contributed by atoms with Crippen molar-refractivity contribution >= 4 is 11.6 Å². The smallest absolute Gasteiger partial charge is 0.255 e. The maximum Gasteiger partial charge on any atom is 0.255 e. The molecule has 1 N–H and O–H groups in total. The normalized spacial score (nSPS) is 15.0. The second-order valence-corrected chi connectivity index (χ2v) is 7.04. The summed E-state index contributed by atoms with van der Waals surface area (Å²) < 4.78 is 7.92. The Kier molecular flexibility index (Phi) is 4.37. The minimum atomic E-state index is -0.0779. The number of amides is 1. The van der Waals surface area contributed by atoms with Crippen molar-refractivity contribution in [3.63, 3.8) is 0 Å². The van der Waals surface area contributed by atoms with E-state index in [1.54, 1.807) is 6.07 Å². The van der Waals surface area contributed by atoms with Crippen LogP contribution in [0.2, 0.25) is 0 Å². The Bertz CT molecular complexity index is 943. The number of hydrogen-bond donors (Lipinski definition) is 1. The van der Waals surface area contributed by atoms with Crippen molar-refractivity contribution in [3.8, 4) is 5.75 Å². The van der Waals surface area contributed by atoms with Gasteiger partial charge in [-0.15, -0.1) is 0 Å². The Balaban J connectivity index is 1.49. The first kappa shape index (κ1) is 16.6. The number of para-hydroxylation sites is 1. The van der Waals surface area contributed by atoms with Crippen LogP contribution in [0.3, 0.4) is 0 Å². The molecule has 134 valence electrons. The van der Waals surface area contributed by atoms with Crippen molar-refractivity contribution in [3.05, 3.63) is 65.6 Å². The van der Waals surface area contributed by atoms with Gasteiger partial charge in [-0.25, -0.2) is 4.98 Å². The van der Waals surface area contributed by atoms with Crippen LogP contribution >= 0.6 is 0 Å². The number of rotatable bonds is 6. The highest BCUT2D eigenvalue weighted by molar-refractivity contribution is 5.97. The lowest BCUT2D eigenvalue weighted by atomic mass is 10.1. The molecule has 5 heteroatoms. The lowest BCUT2D eigenvalue weighted by Gasteiger charge is -2.15. The minimum Gasteiger partial charge on any atom is -0.486 e. The monoisotopic (exact) mass is 349 g/mol. The van der Waals surface area contributed by atoms with Gasteiger partial charge in [0.05, 0.1) is 11.3 Å². The Morgan fingerprint density at radius 1 is 1.31 bits per heavy atom. The first-order chi connectivity index (χ1) is 12.6. The number of ether oxygens (including phenoxy) is 1. The van der Waals surface area contributed by atoms with Gasteiger partial charge in [-0.05, 0) is 56.4 Å². The van der Waals surface area contributed by atoms with Gasteiger partial charge in [0.25, 0.3) is 5.91 Å². The quantitative estimate of drug-likeness (QED) is 0.737. The summed E-state index contributed by atoms with van der Waals surface area (Å²) in [6, 6.07) is 11.6. The molecule has 0 bridgehead atoms. The molecule has 3 aromatic rings. The highest BCUT2D eigenvalue weighted by Crippen LogP contribution is 2.32. The molecule has 0 saturated heterocycles. The molecule has 26 heavy (non-hydrogen) atoms. The predicted molar refractivity (Wildman–Crippen MR) is 100 cm³/mol. The average molecular weight is 349 g/mol. The highest BCUT2D eigenvalue weighted by Gasteiger charge is 2.29. The number of hydrogen-bond acceptors (Lipinski definition) is 3. The number of aryl methyl sites for hydroxylation is 1. The first-order valence-electron chi connectivity index (χ1n) is 9.07. The Hall–Kier alpha value is -2.82. The summed E-state index contributed by atoms with van der Waals surface area (Å²) in [5.41, 5.74) is 3.45. The van der Waals surface area contributed by atoms with Gasteiger partial charge in [0.1, 0.15) is 18.0 Å². The molecule has 1 saturated carbocycles. The molecule has 1 atom stereocenters. The van der Waals surface area contributed by atoms with Gasteiger partial charge >= 0.3 is 0 Å². The third-order valence-corrected chi connectivity index (χ3v) is 4.92. The van der Waals surface area contributed by atoms with E-state index < -0.39 is 0 Å². The van der Waals surface area contributed by atoms with Crippen LogP contribution in [0, 0.1) is 12.8 Å². The second-order valence-electron chi connectivity index (χ2n) is 7.04. The molecule has 5 nitrogen and oxygen atoms in total. The SMILES string of the molecule is Cc1cccn2cc(COc3ccccc3C(=O)NC(C)C3CC3)nc12. The molecule has 4 rings (SSSR count). The van der Waals surface area contributed by atoms with Crippen LogP contribution in [-0.2, 0) is 6.61 Å². The van der Waals surface area contributed by atoms with Gasteiger partial charge in [0.15, 0.2) is 0 Å². The molecular formula is C21H23N3O2. The number of imidazole rings is 1. The molecule has 1 aliphatic rings. The number of nitrogens with one attached hydrogen (secondary N) is 1. The molecule has 0 aliphatic heterocycles. The molecular weight excluding hydrogens is 326 g/mol. The number of aromatic nitrogens is 2. The van der Waals surface area contributed by atoms with Crippen LogP contribution in [0.15, 0.2) is 48.8 Å². The summed E-state index contributed by atoms with van der Waals surface area (Å²) in [5.74, 6) is 1.13. The fourth-order valence-corrected chi connectivity index (χ4v) is 3.20. The zero-order valence-corrected chi connectivity index (χ0v) is 15.1. The van der Waals surface area contributed by atoms with Crippen molar-refractivity contribution in [2.24, 2.45) is 5.92 Å². The highest BCUT2D eigenvalue weighted by atomic mass is 16.5. The van der Waals surface area contributed by atoms with E-state index in [9.17, 15) is 4.79 Å². The number of benzene rings is 1. The minimum absolute atomic E-state index is 0.0779. The third kappa shape index (κ3) is 3.43. The van der Waals surface area contributed by atoms with Crippen molar-refractivity contribution in [1.29, 1.82) is 0 Å². The first-order valence-corrected chi connectivity index (χ1v) is 9.07. The van der Waals surface area contributed by atoms with E-state index in [0.29, 0.717) is 23.8 Å². The molecule has 0 radical (unpaired) electrons. The van der Waals surface area contributed by atoms with Gasteiger partial charge in [-0.2, -0.15) is 0 Å². The number of carbonyl (C=O) groups excluding carboxylic acids is 1. The lowest BCUT2D eigenvalue weighted by Crippen LogP contribution is -2.34. The molecule has 1 aromatic carbocycles. The van der Waals surface area contributed by atoms with E-state index in [4.69, 9.17) is 4.74 Å². The van der Waals surface area contributed by atoms with Gasteiger partial charge in [-0.3, -0.25) is 4.79 Å². The predicted octanol–water partition coefficient (Wildman–Crippen LogP) is 3.75. The van der Waals surface area contributed by atoms with E-state index in [2.05, 4.69) is 17.2 Å². The molecule has 1 unspecified atom stereocenters. The van der Waals surface area contributed by atoms with Gasteiger partial charge in [-0.1, -0.05) is 18.2 Å². The van der Waals surface area contributed by atoms with Crippen molar-refractivity contribution in [2.75, 3.05) is 0 Å². The molecule has 1 aliphatic carbocycles. The van der Waals surface area contributed by atoms with Crippen LogP contribution < -0.4 is 10.1 Å². The number of pyridine rings is 1. The zero-order chi connectivity index (χ0) is 18.1. The van der Waals surface area contributed by atoms with Crippen LogP contribution in [0.4, 0.5) is 0 Å². The Morgan fingerprint density at radius 3 is 2.88 bits per heavy atom. The Morgan fingerprint density at radius 2 is 2.12 bits per heavy atom. The van der Waals surface area contributed by atoms with E-state index in [1.165, 1.54) is 12.8 Å². The average Bonchev–Trinajstić information content (AvgIpc) is 3.40. The summed E-state index contributed by atoms with van der Waals surface area (Å²) in [5, 5.41) is 3.09.